The number of methoxy groups -OCH3 is 1. The number of halogens is 2. The van der Waals surface area contributed by atoms with Gasteiger partial charge in [0, 0.05) is 26.8 Å². The van der Waals surface area contributed by atoms with Gasteiger partial charge < -0.3 is 24.8 Å². The molecular weight excluding hydrogens is 481 g/mol. The van der Waals surface area contributed by atoms with Gasteiger partial charge in [-0.15, -0.1) is 24.0 Å². The first-order valence-corrected chi connectivity index (χ1v) is 9.59. The largest absolute Gasteiger partial charge is 0.487 e. The van der Waals surface area contributed by atoms with Crippen LogP contribution < -0.4 is 15.4 Å². The zero-order valence-electron chi connectivity index (χ0n) is 16.5. The normalized spacial score (nSPS) is 12.2. The molecule has 0 aromatic heterocycles. The van der Waals surface area contributed by atoms with Crippen molar-refractivity contribution in [2.24, 2.45) is 4.99 Å². The number of hydrogen-bond donors (Lipinski definition) is 2. The summed E-state index contributed by atoms with van der Waals surface area (Å²) in [5.74, 6) is 1.48. The highest BCUT2D eigenvalue weighted by Crippen LogP contribution is 2.24. The summed E-state index contributed by atoms with van der Waals surface area (Å²) in [6, 6.07) is 7.51. The molecule has 0 saturated heterocycles. The lowest BCUT2D eigenvalue weighted by Gasteiger charge is -2.18. The minimum Gasteiger partial charge on any atom is -0.487 e. The molecule has 27 heavy (non-hydrogen) atoms. The Morgan fingerprint density at radius 3 is 2.59 bits per heavy atom. The van der Waals surface area contributed by atoms with Crippen LogP contribution in [0, 0.1) is 0 Å². The van der Waals surface area contributed by atoms with Crippen LogP contribution in [0.15, 0.2) is 29.3 Å². The monoisotopic (exact) mass is 513 g/mol. The summed E-state index contributed by atoms with van der Waals surface area (Å²) in [6.45, 7) is 8.23. The molecule has 6 nitrogen and oxygen atoms in total. The molecule has 2 N–H and O–H groups in total. The molecule has 1 unspecified atom stereocenters. The number of benzene rings is 1. The third-order valence-corrected chi connectivity index (χ3v) is 3.88. The van der Waals surface area contributed by atoms with Crippen LogP contribution in [-0.2, 0) is 9.47 Å². The molecule has 0 aliphatic rings. The molecule has 1 aromatic carbocycles. The molecule has 1 aromatic rings. The van der Waals surface area contributed by atoms with Crippen molar-refractivity contribution in [3.63, 3.8) is 0 Å². The summed E-state index contributed by atoms with van der Waals surface area (Å²) < 4.78 is 16.4. The molecule has 0 aliphatic heterocycles. The van der Waals surface area contributed by atoms with Gasteiger partial charge in [-0.25, -0.2) is 4.99 Å². The Bertz CT molecular complexity index is 521. The van der Waals surface area contributed by atoms with Crippen molar-refractivity contribution < 1.29 is 14.2 Å². The van der Waals surface area contributed by atoms with Crippen molar-refractivity contribution in [1.82, 2.24) is 10.6 Å². The van der Waals surface area contributed by atoms with E-state index < -0.39 is 0 Å². The van der Waals surface area contributed by atoms with E-state index in [-0.39, 0.29) is 30.1 Å². The quantitative estimate of drug-likeness (QED) is 0.182. The molecule has 0 bridgehead atoms. The second kappa shape index (κ2) is 17.3. The maximum Gasteiger partial charge on any atom is 0.191 e. The van der Waals surface area contributed by atoms with E-state index in [1.165, 1.54) is 0 Å². The van der Waals surface area contributed by atoms with Crippen LogP contribution in [0.1, 0.15) is 26.7 Å². The highest BCUT2D eigenvalue weighted by molar-refractivity contribution is 14.0. The predicted octanol–water partition coefficient (Wildman–Crippen LogP) is 3.72. The number of para-hydroxylation sites is 1. The van der Waals surface area contributed by atoms with E-state index in [4.69, 9.17) is 25.8 Å². The van der Waals surface area contributed by atoms with Crippen molar-refractivity contribution in [3.8, 4) is 5.75 Å². The molecule has 0 radical (unpaired) electrons. The van der Waals surface area contributed by atoms with Crippen LogP contribution in [0.25, 0.3) is 0 Å². The van der Waals surface area contributed by atoms with Gasteiger partial charge in [0.25, 0.3) is 0 Å². The average Bonchev–Trinajstić information content (AvgIpc) is 2.65. The van der Waals surface area contributed by atoms with E-state index >= 15 is 0 Å². The highest BCUT2D eigenvalue weighted by Gasteiger charge is 2.10. The molecule has 156 valence electrons. The van der Waals surface area contributed by atoms with E-state index in [1.807, 2.05) is 31.2 Å². The Hall–Kier alpha value is -0.770. The summed E-state index contributed by atoms with van der Waals surface area (Å²) in [5.41, 5.74) is 0. The molecule has 0 heterocycles. The van der Waals surface area contributed by atoms with Crippen molar-refractivity contribution >= 4 is 41.5 Å². The Morgan fingerprint density at radius 1 is 1.15 bits per heavy atom. The maximum absolute atomic E-state index is 6.16. The van der Waals surface area contributed by atoms with Gasteiger partial charge in [0.05, 0.1) is 24.8 Å². The topological polar surface area (TPSA) is 64.1 Å². The summed E-state index contributed by atoms with van der Waals surface area (Å²) in [4.78, 5) is 4.62. The van der Waals surface area contributed by atoms with E-state index in [1.54, 1.807) is 7.11 Å². The van der Waals surface area contributed by atoms with Crippen LogP contribution in [0.5, 0.6) is 5.75 Å². The van der Waals surface area contributed by atoms with E-state index in [9.17, 15) is 0 Å². The summed E-state index contributed by atoms with van der Waals surface area (Å²) >= 11 is 6.16. The van der Waals surface area contributed by atoms with Crippen molar-refractivity contribution in [2.75, 3.05) is 46.6 Å². The average molecular weight is 514 g/mol. The fraction of sp³-hybridized carbons (Fsp3) is 0.632. The maximum atomic E-state index is 6.16. The molecule has 1 atom stereocenters. The van der Waals surface area contributed by atoms with Crippen molar-refractivity contribution in [3.05, 3.63) is 29.3 Å². The number of guanidine groups is 1. The van der Waals surface area contributed by atoms with Crippen LogP contribution in [0.4, 0.5) is 0 Å². The Morgan fingerprint density at radius 2 is 1.93 bits per heavy atom. The minimum atomic E-state index is -0.0252. The van der Waals surface area contributed by atoms with E-state index in [2.05, 4.69) is 22.5 Å². The van der Waals surface area contributed by atoms with Crippen molar-refractivity contribution in [2.45, 2.75) is 32.8 Å². The highest BCUT2D eigenvalue weighted by atomic mass is 127. The van der Waals surface area contributed by atoms with E-state index in [0.717, 1.165) is 31.9 Å². The number of nitrogens with zero attached hydrogens (tertiary/aromatic N) is 1. The third-order valence-electron chi connectivity index (χ3n) is 3.57. The second-order valence-corrected chi connectivity index (χ2v) is 6.09. The number of nitrogens with one attached hydrogen (secondary N) is 2. The Balaban J connectivity index is 0.00000676. The fourth-order valence-electron chi connectivity index (χ4n) is 2.13. The molecule has 1 rings (SSSR count). The Labute approximate surface area is 185 Å². The number of rotatable bonds is 13. The van der Waals surface area contributed by atoms with Crippen molar-refractivity contribution in [1.29, 1.82) is 0 Å². The van der Waals surface area contributed by atoms with Gasteiger partial charge in [-0.1, -0.05) is 30.7 Å². The first-order valence-electron chi connectivity index (χ1n) is 9.21. The molecule has 0 saturated carbocycles. The number of ether oxygens (including phenoxy) is 3. The third kappa shape index (κ3) is 12.3. The van der Waals surface area contributed by atoms with Crippen LogP contribution in [-0.4, -0.2) is 58.6 Å². The van der Waals surface area contributed by atoms with Gasteiger partial charge in [0.2, 0.25) is 0 Å². The predicted molar refractivity (Wildman–Crippen MR) is 123 cm³/mol. The van der Waals surface area contributed by atoms with E-state index in [0.29, 0.717) is 37.1 Å². The lowest BCUT2D eigenvalue weighted by Crippen LogP contribution is -2.39. The van der Waals surface area contributed by atoms with Crippen LogP contribution >= 0.6 is 35.6 Å². The number of aliphatic imine (C=N–C) groups is 1. The summed E-state index contributed by atoms with van der Waals surface area (Å²) in [6.07, 6.45) is 1.73. The van der Waals surface area contributed by atoms with Gasteiger partial charge in [-0.05, 0) is 31.9 Å². The van der Waals surface area contributed by atoms with Gasteiger partial charge >= 0.3 is 0 Å². The zero-order chi connectivity index (χ0) is 19.0. The zero-order valence-corrected chi connectivity index (χ0v) is 19.6. The van der Waals surface area contributed by atoms with Gasteiger partial charge in [0.1, 0.15) is 11.9 Å². The Kier molecular flexibility index (Phi) is 16.8. The molecule has 0 fully saturated rings. The summed E-state index contributed by atoms with van der Waals surface area (Å²) in [7, 11) is 1.67. The van der Waals surface area contributed by atoms with Gasteiger partial charge in [-0.2, -0.15) is 0 Å². The molecular formula is C19H33ClIN3O3. The number of hydrogen-bond acceptors (Lipinski definition) is 4. The summed E-state index contributed by atoms with van der Waals surface area (Å²) in [5, 5.41) is 7.18. The second-order valence-electron chi connectivity index (χ2n) is 5.68. The molecule has 8 heteroatoms. The minimum absolute atomic E-state index is 0. The van der Waals surface area contributed by atoms with Crippen LogP contribution in [0.2, 0.25) is 5.02 Å². The molecule has 0 aliphatic carbocycles. The van der Waals surface area contributed by atoms with Gasteiger partial charge in [-0.3, -0.25) is 0 Å². The van der Waals surface area contributed by atoms with Crippen LogP contribution in [0.3, 0.4) is 0 Å². The first kappa shape index (κ1) is 26.2. The lowest BCUT2D eigenvalue weighted by molar-refractivity contribution is 0.0698. The fourth-order valence-corrected chi connectivity index (χ4v) is 2.31. The molecule has 0 amide bonds. The van der Waals surface area contributed by atoms with Gasteiger partial charge in [0.15, 0.2) is 5.96 Å². The standard InChI is InChI=1S/C19H32ClN3O3.HI/c1-4-16(26-18-10-7-6-9-17(18)20)15-23-19(21-5-2)22-11-8-12-25-14-13-24-3;/h6-7,9-10,16H,4-5,8,11-15H2,1-3H3,(H2,21,22,23);1H. The molecule has 0 spiro atoms. The SMILES string of the molecule is CCNC(=NCC(CC)Oc1ccccc1Cl)NCCCOCCOC.I. The lowest BCUT2D eigenvalue weighted by atomic mass is 10.2. The first-order chi connectivity index (χ1) is 12.7. The smallest absolute Gasteiger partial charge is 0.191 e.